The Hall–Kier alpha value is -1.71. The van der Waals surface area contributed by atoms with Crippen molar-refractivity contribution in [2.75, 3.05) is 11.4 Å². The van der Waals surface area contributed by atoms with Gasteiger partial charge < -0.3 is 15.1 Å². The second kappa shape index (κ2) is 3.81. The van der Waals surface area contributed by atoms with E-state index < -0.39 is 5.95 Å². The fraction of sp³-hybridized carbons (Fsp3) is 0.364. The normalized spacial score (nSPS) is 24.5. The first-order chi connectivity index (χ1) is 7.18. The van der Waals surface area contributed by atoms with Gasteiger partial charge in [0.1, 0.15) is 5.82 Å². The highest BCUT2D eigenvalue weighted by atomic mass is 16.5. The van der Waals surface area contributed by atoms with Crippen LogP contribution in [-0.2, 0) is 0 Å². The summed E-state index contributed by atoms with van der Waals surface area (Å²) in [5, 5.41) is 17.5. The molecule has 2 atom stereocenters. The topological polar surface area (TPSA) is 56.6 Å². The van der Waals surface area contributed by atoms with Crippen molar-refractivity contribution < 1.29 is 10.2 Å². The van der Waals surface area contributed by atoms with E-state index in [1.807, 2.05) is 25.1 Å². The third-order valence-corrected chi connectivity index (χ3v) is 2.83. The summed E-state index contributed by atoms with van der Waals surface area (Å²) in [6.07, 6.45) is 3.23. The molecule has 4 nitrogen and oxygen atoms in total. The standard InChI is InChI=1S/C11H14N2O2/c1-8-9(6-11(14)15)7-13(8)10-4-2-3-5-12-10/h2-6,8-9,14-15H,7H2,1H3/t8-,9?/m1/s1. The zero-order valence-corrected chi connectivity index (χ0v) is 8.54. The van der Waals surface area contributed by atoms with Gasteiger partial charge in [-0.3, -0.25) is 0 Å². The van der Waals surface area contributed by atoms with Crippen molar-refractivity contribution >= 4 is 5.82 Å². The van der Waals surface area contributed by atoms with Gasteiger partial charge in [0, 0.05) is 30.8 Å². The molecule has 0 spiro atoms. The van der Waals surface area contributed by atoms with Gasteiger partial charge in [-0.05, 0) is 19.1 Å². The van der Waals surface area contributed by atoms with Crippen LogP contribution in [0.5, 0.6) is 0 Å². The minimum atomic E-state index is -0.590. The summed E-state index contributed by atoms with van der Waals surface area (Å²) in [5.74, 6) is 0.539. The highest BCUT2D eigenvalue weighted by Gasteiger charge is 2.35. The summed E-state index contributed by atoms with van der Waals surface area (Å²) in [6, 6.07) is 6.04. The zero-order valence-electron chi connectivity index (χ0n) is 8.54. The molecule has 0 aromatic carbocycles. The van der Waals surface area contributed by atoms with Crippen LogP contribution in [-0.4, -0.2) is 27.8 Å². The molecule has 1 aromatic rings. The summed E-state index contributed by atoms with van der Waals surface area (Å²) in [7, 11) is 0. The Kier molecular flexibility index (Phi) is 2.49. The number of hydrogen-bond donors (Lipinski definition) is 2. The van der Waals surface area contributed by atoms with Crippen molar-refractivity contribution in [3.63, 3.8) is 0 Å². The van der Waals surface area contributed by atoms with Gasteiger partial charge in [0.15, 0.2) is 0 Å². The first kappa shape index (κ1) is 9.83. The molecular formula is C11H14N2O2. The SMILES string of the molecule is C[C@@H]1C(C=C(O)O)CN1c1ccccn1. The van der Waals surface area contributed by atoms with Crippen molar-refractivity contribution in [3.8, 4) is 0 Å². The molecule has 15 heavy (non-hydrogen) atoms. The van der Waals surface area contributed by atoms with Crippen LogP contribution >= 0.6 is 0 Å². The van der Waals surface area contributed by atoms with E-state index in [2.05, 4.69) is 9.88 Å². The van der Waals surface area contributed by atoms with Crippen LogP contribution in [0.4, 0.5) is 5.82 Å². The lowest BCUT2D eigenvalue weighted by atomic mass is 9.90. The van der Waals surface area contributed by atoms with Crippen molar-refractivity contribution in [1.29, 1.82) is 0 Å². The molecule has 2 N–H and O–H groups in total. The molecule has 1 fully saturated rings. The fourth-order valence-electron chi connectivity index (χ4n) is 1.85. The van der Waals surface area contributed by atoms with Gasteiger partial charge in [-0.15, -0.1) is 0 Å². The second-order valence-corrected chi connectivity index (χ2v) is 3.77. The zero-order chi connectivity index (χ0) is 10.8. The Morgan fingerprint density at radius 2 is 2.33 bits per heavy atom. The predicted octanol–water partition coefficient (Wildman–Crippen LogP) is 1.86. The summed E-state index contributed by atoms with van der Waals surface area (Å²) in [4.78, 5) is 6.37. The minimum absolute atomic E-state index is 0.192. The van der Waals surface area contributed by atoms with E-state index in [-0.39, 0.29) is 12.0 Å². The van der Waals surface area contributed by atoms with Crippen LogP contribution in [0.1, 0.15) is 6.92 Å². The largest absolute Gasteiger partial charge is 0.481 e. The summed E-state index contributed by atoms with van der Waals surface area (Å²) >= 11 is 0. The van der Waals surface area contributed by atoms with Gasteiger partial charge in [0.2, 0.25) is 0 Å². The van der Waals surface area contributed by atoms with Crippen molar-refractivity contribution in [1.82, 2.24) is 4.98 Å². The number of hydrogen-bond acceptors (Lipinski definition) is 4. The average molecular weight is 206 g/mol. The Labute approximate surface area is 88.5 Å². The Balaban J connectivity index is 2.04. The third kappa shape index (κ3) is 1.88. The number of anilines is 1. The molecule has 2 heterocycles. The summed E-state index contributed by atoms with van der Waals surface area (Å²) in [5.41, 5.74) is 0. The van der Waals surface area contributed by atoms with Gasteiger partial charge in [0.05, 0.1) is 0 Å². The molecule has 1 unspecified atom stereocenters. The van der Waals surface area contributed by atoms with Crippen LogP contribution in [0.25, 0.3) is 0 Å². The predicted molar refractivity (Wildman–Crippen MR) is 57.9 cm³/mol. The molecular weight excluding hydrogens is 192 g/mol. The lowest BCUT2D eigenvalue weighted by Gasteiger charge is -2.45. The maximum Gasteiger partial charge on any atom is 0.270 e. The van der Waals surface area contributed by atoms with Gasteiger partial charge in [0.25, 0.3) is 5.95 Å². The molecule has 1 saturated heterocycles. The van der Waals surface area contributed by atoms with Crippen molar-refractivity contribution in [3.05, 3.63) is 36.4 Å². The number of aromatic nitrogens is 1. The summed E-state index contributed by atoms with van der Waals surface area (Å²) < 4.78 is 0. The van der Waals surface area contributed by atoms with E-state index in [1.165, 1.54) is 6.08 Å². The van der Waals surface area contributed by atoms with E-state index >= 15 is 0 Å². The summed E-state index contributed by atoms with van der Waals surface area (Å²) in [6.45, 7) is 2.82. The first-order valence-corrected chi connectivity index (χ1v) is 4.96. The molecule has 1 aliphatic rings. The van der Waals surface area contributed by atoms with Crippen LogP contribution in [0.3, 0.4) is 0 Å². The maximum absolute atomic E-state index is 8.74. The molecule has 0 saturated carbocycles. The number of aliphatic hydroxyl groups excluding tert-OH is 1. The molecule has 0 radical (unpaired) electrons. The Morgan fingerprint density at radius 3 is 2.87 bits per heavy atom. The highest BCUT2D eigenvalue weighted by Crippen LogP contribution is 2.30. The number of nitrogens with zero attached hydrogens (tertiary/aromatic N) is 2. The van der Waals surface area contributed by atoms with Crippen LogP contribution in [0.15, 0.2) is 36.4 Å². The highest BCUT2D eigenvalue weighted by molar-refractivity contribution is 5.44. The van der Waals surface area contributed by atoms with Crippen LogP contribution in [0.2, 0.25) is 0 Å². The van der Waals surface area contributed by atoms with Gasteiger partial charge >= 0.3 is 0 Å². The van der Waals surface area contributed by atoms with Gasteiger partial charge in [-0.25, -0.2) is 4.98 Å². The molecule has 4 heteroatoms. The first-order valence-electron chi connectivity index (χ1n) is 4.96. The average Bonchev–Trinajstić information content (AvgIpc) is 2.24. The smallest absolute Gasteiger partial charge is 0.270 e. The molecule has 1 aliphatic heterocycles. The maximum atomic E-state index is 8.74. The quantitative estimate of drug-likeness (QED) is 0.725. The van der Waals surface area contributed by atoms with Crippen molar-refractivity contribution in [2.45, 2.75) is 13.0 Å². The monoisotopic (exact) mass is 206 g/mol. The molecule has 80 valence electrons. The number of pyridine rings is 1. The van der Waals surface area contributed by atoms with Gasteiger partial charge in [-0.2, -0.15) is 0 Å². The minimum Gasteiger partial charge on any atom is -0.481 e. The Bertz CT molecular complexity index is 360. The lowest BCUT2D eigenvalue weighted by Crippen LogP contribution is -2.54. The van der Waals surface area contributed by atoms with E-state index in [9.17, 15) is 0 Å². The lowest BCUT2D eigenvalue weighted by molar-refractivity contribution is 0.181. The Morgan fingerprint density at radius 1 is 1.53 bits per heavy atom. The van der Waals surface area contributed by atoms with Crippen molar-refractivity contribution in [2.24, 2.45) is 5.92 Å². The number of rotatable bonds is 2. The van der Waals surface area contributed by atoms with Crippen LogP contribution < -0.4 is 4.90 Å². The molecule has 0 bridgehead atoms. The second-order valence-electron chi connectivity index (χ2n) is 3.77. The van der Waals surface area contributed by atoms with Gasteiger partial charge in [-0.1, -0.05) is 6.07 Å². The fourth-order valence-corrected chi connectivity index (χ4v) is 1.85. The van der Waals surface area contributed by atoms with E-state index in [4.69, 9.17) is 10.2 Å². The third-order valence-electron chi connectivity index (χ3n) is 2.83. The van der Waals surface area contributed by atoms with E-state index in [0.717, 1.165) is 12.4 Å². The number of aliphatic hydroxyl groups is 2. The van der Waals surface area contributed by atoms with E-state index in [1.54, 1.807) is 6.20 Å². The van der Waals surface area contributed by atoms with Crippen LogP contribution in [0, 0.1) is 5.92 Å². The molecule has 1 aromatic heterocycles. The molecule has 0 amide bonds. The van der Waals surface area contributed by atoms with E-state index in [0.29, 0.717) is 0 Å². The molecule has 2 rings (SSSR count). The molecule has 0 aliphatic carbocycles.